The molecule has 0 aromatic heterocycles. The predicted octanol–water partition coefficient (Wildman–Crippen LogP) is 2.19. The van der Waals surface area contributed by atoms with Crippen molar-refractivity contribution in [3.8, 4) is 6.07 Å². The lowest BCUT2D eigenvalue weighted by molar-refractivity contribution is 0.380. The second kappa shape index (κ2) is 1.56. The van der Waals surface area contributed by atoms with Gasteiger partial charge in [0, 0.05) is 0 Å². The molecule has 10 heavy (non-hydrogen) atoms. The highest BCUT2D eigenvalue weighted by atomic mass is 14.6. The van der Waals surface area contributed by atoms with Crippen molar-refractivity contribution in [1.82, 2.24) is 0 Å². The van der Waals surface area contributed by atoms with Gasteiger partial charge in [0.15, 0.2) is 0 Å². The lowest BCUT2D eigenvalue weighted by Crippen LogP contribution is -2.11. The van der Waals surface area contributed by atoms with Gasteiger partial charge in [0.25, 0.3) is 0 Å². The molecule has 0 aromatic carbocycles. The molecule has 2 aliphatic rings. The predicted molar refractivity (Wildman–Crippen MR) is 39.1 cm³/mol. The molecule has 1 heteroatoms. The summed E-state index contributed by atoms with van der Waals surface area (Å²) in [6.45, 7) is 4.41. The maximum Gasteiger partial charge on any atom is 0.0687 e. The lowest BCUT2D eigenvalue weighted by atomic mass is 9.86. The van der Waals surface area contributed by atoms with Gasteiger partial charge >= 0.3 is 0 Å². The van der Waals surface area contributed by atoms with E-state index in [0.717, 1.165) is 30.6 Å². The fourth-order valence-electron chi connectivity index (χ4n) is 2.53. The number of nitrogens with zero attached hydrogens (tertiary/aromatic N) is 1. The standard InChI is InChI=1S/C9H13N/c1-6-7-3-9(2,5-10)4-8(6)7/h6-8H,3-4H2,1-2H3. The zero-order valence-corrected chi connectivity index (χ0v) is 6.59. The highest BCUT2D eigenvalue weighted by Gasteiger charge is 2.57. The van der Waals surface area contributed by atoms with E-state index in [1.165, 1.54) is 0 Å². The van der Waals surface area contributed by atoms with Gasteiger partial charge in [-0.15, -0.1) is 0 Å². The normalized spacial score (nSPS) is 57.5. The Morgan fingerprint density at radius 2 is 1.90 bits per heavy atom. The minimum atomic E-state index is 0.0435. The average molecular weight is 135 g/mol. The molecule has 2 aliphatic carbocycles. The van der Waals surface area contributed by atoms with E-state index < -0.39 is 0 Å². The van der Waals surface area contributed by atoms with Crippen LogP contribution in [0, 0.1) is 34.5 Å². The Morgan fingerprint density at radius 1 is 1.40 bits per heavy atom. The van der Waals surface area contributed by atoms with Gasteiger partial charge in [0.05, 0.1) is 11.5 Å². The summed E-state index contributed by atoms with van der Waals surface area (Å²) >= 11 is 0. The molecule has 0 saturated heterocycles. The Labute approximate surface area is 62.0 Å². The fourth-order valence-corrected chi connectivity index (χ4v) is 2.53. The van der Waals surface area contributed by atoms with E-state index in [4.69, 9.17) is 5.26 Å². The Bertz CT molecular complexity index is 189. The number of hydrogen-bond acceptors (Lipinski definition) is 1. The summed E-state index contributed by atoms with van der Waals surface area (Å²) in [6.07, 6.45) is 2.32. The van der Waals surface area contributed by atoms with Crippen LogP contribution in [0.15, 0.2) is 0 Å². The highest BCUT2D eigenvalue weighted by molar-refractivity contribution is 5.13. The summed E-state index contributed by atoms with van der Waals surface area (Å²) in [5.74, 6) is 2.75. The van der Waals surface area contributed by atoms with E-state index in [0.29, 0.717) is 0 Å². The molecule has 0 bridgehead atoms. The van der Waals surface area contributed by atoms with Crippen LogP contribution in [0.4, 0.5) is 0 Å². The van der Waals surface area contributed by atoms with E-state index in [1.54, 1.807) is 0 Å². The molecule has 1 nitrogen and oxygen atoms in total. The van der Waals surface area contributed by atoms with Crippen LogP contribution >= 0.6 is 0 Å². The van der Waals surface area contributed by atoms with Crippen LogP contribution in [0.2, 0.25) is 0 Å². The molecule has 2 atom stereocenters. The van der Waals surface area contributed by atoms with Crippen LogP contribution in [0.25, 0.3) is 0 Å². The molecule has 0 N–H and O–H groups in total. The van der Waals surface area contributed by atoms with Gasteiger partial charge in [0.1, 0.15) is 0 Å². The van der Waals surface area contributed by atoms with Crippen LogP contribution in [-0.2, 0) is 0 Å². The molecule has 0 heterocycles. The number of nitriles is 1. The van der Waals surface area contributed by atoms with Gasteiger partial charge in [-0.2, -0.15) is 5.26 Å². The smallest absolute Gasteiger partial charge is 0.0687 e. The Balaban J connectivity index is 2.08. The van der Waals surface area contributed by atoms with Crippen molar-refractivity contribution in [2.45, 2.75) is 26.7 Å². The molecule has 0 aliphatic heterocycles. The SMILES string of the molecule is CC1C2CC(C)(C#N)CC12. The van der Waals surface area contributed by atoms with E-state index in [9.17, 15) is 0 Å². The topological polar surface area (TPSA) is 23.8 Å². The third-order valence-corrected chi connectivity index (χ3v) is 3.40. The van der Waals surface area contributed by atoms with Crippen molar-refractivity contribution in [2.75, 3.05) is 0 Å². The van der Waals surface area contributed by atoms with E-state index in [1.807, 2.05) is 0 Å². The van der Waals surface area contributed by atoms with Gasteiger partial charge in [-0.3, -0.25) is 0 Å². The Hall–Kier alpha value is -0.510. The van der Waals surface area contributed by atoms with Crippen molar-refractivity contribution in [1.29, 1.82) is 5.26 Å². The molecule has 2 rings (SSSR count). The summed E-state index contributed by atoms with van der Waals surface area (Å²) in [6, 6.07) is 2.42. The molecule has 2 unspecified atom stereocenters. The number of fused-ring (bicyclic) bond motifs is 1. The third kappa shape index (κ3) is 0.624. The summed E-state index contributed by atoms with van der Waals surface area (Å²) < 4.78 is 0. The first-order valence-electron chi connectivity index (χ1n) is 4.07. The first-order chi connectivity index (χ1) is 4.66. The molecule has 54 valence electrons. The first kappa shape index (κ1) is 6.22. The van der Waals surface area contributed by atoms with Crippen LogP contribution in [0.3, 0.4) is 0 Å². The van der Waals surface area contributed by atoms with Gasteiger partial charge in [0.2, 0.25) is 0 Å². The minimum absolute atomic E-state index is 0.0435. The molecule has 2 saturated carbocycles. The first-order valence-corrected chi connectivity index (χ1v) is 4.07. The minimum Gasteiger partial charge on any atom is -0.198 e. The monoisotopic (exact) mass is 135 g/mol. The maximum atomic E-state index is 8.80. The second-order valence-corrected chi connectivity index (χ2v) is 4.27. The molecular formula is C9H13N. The van der Waals surface area contributed by atoms with Gasteiger partial charge in [-0.05, 0) is 37.5 Å². The molecule has 2 fully saturated rings. The molecule has 0 amide bonds. The highest BCUT2D eigenvalue weighted by Crippen LogP contribution is 2.63. The summed E-state index contributed by atoms with van der Waals surface area (Å²) in [4.78, 5) is 0. The zero-order chi connectivity index (χ0) is 7.35. The van der Waals surface area contributed by atoms with Gasteiger partial charge < -0.3 is 0 Å². The zero-order valence-electron chi connectivity index (χ0n) is 6.59. The molecule has 0 spiro atoms. The molecular weight excluding hydrogens is 122 g/mol. The number of rotatable bonds is 0. The third-order valence-electron chi connectivity index (χ3n) is 3.40. The summed E-state index contributed by atoms with van der Waals surface area (Å²) in [5, 5.41) is 8.80. The van der Waals surface area contributed by atoms with Crippen LogP contribution in [0.1, 0.15) is 26.7 Å². The Kier molecular flexibility index (Phi) is 0.968. The van der Waals surface area contributed by atoms with Crippen LogP contribution < -0.4 is 0 Å². The molecule has 0 aromatic rings. The van der Waals surface area contributed by atoms with Crippen molar-refractivity contribution in [3.63, 3.8) is 0 Å². The van der Waals surface area contributed by atoms with Crippen molar-refractivity contribution in [2.24, 2.45) is 23.2 Å². The van der Waals surface area contributed by atoms with E-state index in [-0.39, 0.29) is 5.41 Å². The van der Waals surface area contributed by atoms with Crippen molar-refractivity contribution < 1.29 is 0 Å². The second-order valence-electron chi connectivity index (χ2n) is 4.27. The van der Waals surface area contributed by atoms with Gasteiger partial charge in [-0.25, -0.2) is 0 Å². The largest absolute Gasteiger partial charge is 0.198 e. The van der Waals surface area contributed by atoms with E-state index >= 15 is 0 Å². The van der Waals surface area contributed by atoms with Crippen LogP contribution in [-0.4, -0.2) is 0 Å². The van der Waals surface area contributed by atoms with E-state index in [2.05, 4.69) is 19.9 Å². The fraction of sp³-hybridized carbons (Fsp3) is 0.889. The van der Waals surface area contributed by atoms with Crippen molar-refractivity contribution in [3.05, 3.63) is 0 Å². The average Bonchev–Trinajstić information content (AvgIpc) is 2.41. The number of hydrogen-bond donors (Lipinski definition) is 0. The van der Waals surface area contributed by atoms with Gasteiger partial charge in [-0.1, -0.05) is 6.92 Å². The summed E-state index contributed by atoms with van der Waals surface area (Å²) in [7, 11) is 0. The van der Waals surface area contributed by atoms with Crippen LogP contribution in [0.5, 0.6) is 0 Å². The maximum absolute atomic E-state index is 8.80. The molecule has 0 radical (unpaired) electrons. The lowest BCUT2D eigenvalue weighted by Gasteiger charge is -2.15. The Morgan fingerprint density at radius 3 is 2.30 bits per heavy atom. The quantitative estimate of drug-likeness (QED) is 0.499. The van der Waals surface area contributed by atoms with Crippen molar-refractivity contribution >= 4 is 0 Å². The summed E-state index contributed by atoms with van der Waals surface area (Å²) in [5.41, 5.74) is 0.0435.